The third-order valence-corrected chi connectivity index (χ3v) is 4.65. The van der Waals surface area contributed by atoms with Crippen molar-refractivity contribution < 1.29 is 14.3 Å². The lowest BCUT2D eigenvalue weighted by atomic mass is 10.1. The molecule has 0 unspecified atom stereocenters. The van der Waals surface area contributed by atoms with Crippen molar-refractivity contribution in [3.8, 4) is 11.5 Å². The summed E-state index contributed by atoms with van der Waals surface area (Å²) >= 11 is 0. The van der Waals surface area contributed by atoms with E-state index < -0.39 is 0 Å². The third kappa shape index (κ3) is 4.53. The SMILES string of the molecule is COc1ccc(C(=O)NC2CCCC2)cc1COc1ccc(C)cc1. The van der Waals surface area contributed by atoms with Crippen molar-refractivity contribution in [3.63, 3.8) is 0 Å². The predicted octanol–water partition coefficient (Wildman–Crippen LogP) is 4.26. The molecule has 0 aromatic heterocycles. The molecule has 1 saturated carbocycles. The number of ether oxygens (including phenoxy) is 2. The molecule has 3 rings (SSSR count). The molecule has 1 aliphatic carbocycles. The van der Waals surface area contributed by atoms with Crippen LogP contribution < -0.4 is 14.8 Å². The van der Waals surface area contributed by atoms with E-state index in [2.05, 4.69) is 5.32 Å². The van der Waals surface area contributed by atoms with Crippen molar-refractivity contribution in [2.24, 2.45) is 0 Å². The summed E-state index contributed by atoms with van der Waals surface area (Å²) in [6, 6.07) is 13.7. The summed E-state index contributed by atoms with van der Waals surface area (Å²) in [6.07, 6.45) is 4.54. The standard InChI is InChI=1S/C21H25NO3/c1-15-7-10-19(11-8-15)25-14-17-13-16(9-12-20(17)24-2)21(23)22-18-5-3-4-6-18/h7-13,18H,3-6,14H2,1-2H3,(H,22,23). The molecule has 2 aromatic carbocycles. The van der Waals surface area contributed by atoms with Crippen LogP contribution in [0.4, 0.5) is 0 Å². The van der Waals surface area contributed by atoms with Crippen molar-refractivity contribution in [2.75, 3.05) is 7.11 Å². The second kappa shape index (κ2) is 8.06. The average Bonchev–Trinajstić information content (AvgIpc) is 3.14. The smallest absolute Gasteiger partial charge is 0.251 e. The van der Waals surface area contributed by atoms with Gasteiger partial charge in [0.15, 0.2) is 0 Å². The molecular formula is C21H25NO3. The van der Waals surface area contributed by atoms with E-state index in [-0.39, 0.29) is 5.91 Å². The number of benzene rings is 2. The Kier molecular flexibility index (Phi) is 5.59. The van der Waals surface area contributed by atoms with Crippen LogP contribution in [-0.4, -0.2) is 19.1 Å². The second-order valence-electron chi connectivity index (χ2n) is 6.58. The van der Waals surface area contributed by atoms with Gasteiger partial charge in [-0.1, -0.05) is 30.5 Å². The minimum atomic E-state index is -0.0221. The second-order valence-corrected chi connectivity index (χ2v) is 6.58. The Morgan fingerprint density at radius 1 is 1.12 bits per heavy atom. The minimum absolute atomic E-state index is 0.0221. The zero-order valence-electron chi connectivity index (χ0n) is 14.9. The Labute approximate surface area is 149 Å². The number of methoxy groups -OCH3 is 1. The average molecular weight is 339 g/mol. The van der Waals surface area contributed by atoms with Gasteiger partial charge in [-0.3, -0.25) is 4.79 Å². The van der Waals surface area contributed by atoms with Crippen LogP contribution in [0, 0.1) is 6.92 Å². The summed E-state index contributed by atoms with van der Waals surface area (Å²) in [6.45, 7) is 2.40. The Morgan fingerprint density at radius 3 is 2.52 bits per heavy atom. The molecule has 25 heavy (non-hydrogen) atoms. The molecule has 1 fully saturated rings. The first-order valence-electron chi connectivity index (χ1n) is 8.83. The molecule has 0 spiro atoms. The lowest BCUT2D eigenvalue weighted by Crippen LogP contribution is -2.32. The Morgan fingerprint density at radius 2 is 1.84 bits per heavy atom. The number of hydrogen-bond donors (Lipinski definition) is 1. The fourth-order valence-corrected chi connectivity index (χ4v) is 3.17. The van der Waals surface area contributed by atoms with Crippen LogP contribution in [0.1, 0.15) is 47.2 Å². The van der Waals surface area contributed by atoms with Gasteiger partial charge in [-0.25, -0.2) is 0 Å². The van der Waals surface area contributed by atoms with Crippen LogP contribution in [-0.2, 0) is 6.61 Å². The first-order valence-corrected chi connectivity index (χ1v) is 8.83. The highest BCUT2D eigenvalue weighted by atomic mass is 16.5. The molecule has 1 amide bonds. The normalized spacial score (nSPS) is 14.3. The Hall–Kier alpha value is -2.49. The summed E-state index contributed by atoms with van der Waals surface area (Å²) < 4.78 is 11.3. The van der Waals surface area contributed by atoms with Crippen molar-refractivity contribution >= 4 is 5.91 Å². The van der Waals surface area contributed by atoms with Crippen LogP contribution >= 0.6 is 0 Å². The van der Waals surface area contributed by atoms with Crippen molar-refractivity contribution in [1.29, 1.82) is 0 Å². The highest BCUT2D eigenvalue weighted by molar-refractivity contribution is 5.94. The summed E-state index contributed by atoms with van der Waals surface area (Å²) in [7, 11) is 1.63. The van der Waals surface area contributed by atoms with E-state index in [1.54, 1.807) is 13.2 Å². The van der Waals surface area contributed by atoms with Gasteiger partial charge >= 0.3 is 0 Å². The van der Waals surface area contributed by atoms with E-state index in [4.69, 9.17) is 9.47 Å². The molecule has 0 aliphatic heterocycles. The van der Waals surface area contributed by atoms with Gasteiger partial charge in [0.1, 0.15) is 18.1 Å². The number of rotatable bonds is 6. The fraction of sp³-hybridized carbons (Fsp3) is 0.381. The quantitative estimate of drug-likeness (QED) is 0.855. The fourth-order valence-electron chi connectivity index (χ4n) is 3.17. The minimum Gasteiger partial charge on any atom is -0.496 e. The molecule has 2 aromatic rings. The maximum Gasteiger partial charge on any atom is 0.251 e. The van der Waals surface area contributed by atoms with Gasteiger partial charge < -0.3 is 14.8 Å². The van der Waals surface area contributed by atoms with Crippen LogP contribution in [0.25, 0.3) is 0 Å². The van der Waals surface area contributed by atoms with Crippen LogP contribution in [0.3, 0.4) is 0 Å². The maximum atomic E-state index is 12.5. The number of carbonyl (C=O) groups is 1. The molecule has 4 heteroatoms. The van der Waals surface area contributed by atoms with Crippen molar-refractivity contribution in [2.45, 2.75) is 45.3 Å². The zero-order chi connectivity index (χ0) is 17.6. The molecule has 0 saturated heterocycles. The van der Waals surface area contributed by atoms with Gasteiger partial charge in [-0.2, -0.15) is 0 Å². The number of nitrogens with one attached hydrogen (secondary N) is 1. The topological polar surface area (TPSA) is 47.6 Å². The van der Waals surface area contributed by atoms with E-state index in [0.29, 0.717) is 18.2 Å². The van der Waals surface area contributed by atoms with Crippen LogP contribution in [0.15, 0.2) is 42.5 Å². The van der Waals surface area contributed by atoms with E-state index in [0.717, 1.165) is 29.9 Å². The monoisotopic (exact) mass is 339 g/mol. The van der Waals surface area contributed by atoms with E-state index in [1.165, 1.54) is 18.4 Å². The molecule has 0 bridgehead atoms. The van der Waals surface area contributed by atoms with E-state index in [1.807, 2.05) is 43.3 Å². The van der Waals surface area contributed by atoms with Gasteiger partial charge in [0.2, 0.25) is 0 Å². The molecule has 132 valence electrons. The van der Waals surface area contributed by atoms with Crippen molar-refractivity contribution in [1.82, 2.24) is 5.32 Å². The molecule has 0 heterocycles. The first kappa shape index (κ1) is 17.3. The van der Waals surface area contributed by atoms with E-state index in [9.17, 15) is 4.79 Å². The predicted molar refractivity (Wildman–Crippen MR) is 98.2 cm³/mol. The van der Waals surface area contributed by atoms with Crippen LogP contribution in [0.2, 0.25) is 0 Å². The summed E-state index contributed by atoms with van der Waals surface area (Å²) in [5.41, 5.74) is 2.70. The van der Waals surface area contributed by atoms with Gasteiger partial charge in [-0.15, -0.1) is 0 Å². The first-order chi connectivity index (χ1) is 12.2. The Balaban J connectivity index is 1.70. The molecule has 0 atom stereocenters. The van der Waals surface area contributed by atoms with Crippen LogP contribution in [0.5, 0.6) is 11.5 Å². The van der Waals surface area contributed by atoms with Gasteiger partial charge in [0.05, 0.1) is 7.11 Å². The molecular weight excluding hydrogens is 314 g/mol. The number of hydrogen-bond acceptors (Lipinski definition) is 3. The highest BCUT2D eigenvalue weighted by Crippen LogP contribution is 2.23. The lowest BCUT2D eigenvalue weighted by molar-refractivity contribution is 0.0937. The van der Waals surface area contributed by atoms with Gasteiger partial charge in [-0.05, 0) is 50.1 Å². The van der Waals surface area contributed by atoms with Gasteiger partial charge in [0.25, 0.3) is 5.91 Å². The number of amides is 1. The molecule has 1 aliphatic rings. The maximum absolute atomic E-state index is 12.5. The number of aryl methyl sites for hydroxylation is 1. The largest absolute Gasteiger partial charge is 0.496 e. The Bertz CT molecular complexity index is 718. The summed E-state index contributed by atoms with van der Waals surface area (Å²) in [5, 5.41) is 3.12. The zero-order valence-corrected chi connectivity index (χ0v) is 14.9. The summed E-state index contributed by atoms with van der Waals surface area (Å²) in [5.74, 6) is 1.50. The molecule has 1 N–H and O–H groups in total. The number of carbonyl (C=O) groups excluding carboxylic acids is 1. The van der Waals surface area contributed by atoms with Crippen molar-refractivity contribution in [3.05, 3.63) is 59.2 Å². The lowest BCUT2D eigenvalue weighted by Gasteiger charge is -2.14. The highest BCUT2D eigenvalue weighted by Gasteiger charge is 2.18. The molecule has 0 radical (unpaired) electrons. The summed E-state index contributed by atoms with van der Waals surface area (Å²) in [4.78, 5) is 12.5. The van der Waals surface area contributed by atoms with E-state index >= 15 is 0 Å². The van der Waals surface area contributed by atoms with Gasteiger partial charge in [0, 0.05) is 17.2 Å². The molecule has 4 nitrogen and oxygen atoms in total. The third-order valence-electron chi connectivity index (χ3n) is 4.65.